The molecule has 1 aromatic carbocycles. The summed E-state index contributed by atoms with van der Waals surface area (Å²) in [5, 5.41) is 7.28. The third-order valence-electron chi connectivity index (χ3n) is 7.28. The molecule has 2 atom stereocenters. The van der Waals surface area contributed by atoms with Gasteiger partial charge in [-0.3, -0.25) is 9.78 Å². The van der Waals surface area contributed by atoms with E-state index in [9.17, 15) is 4.79 Å². The first-order valence-corrected chi connectivity index (χ1v) is 12.9. The van der Waals surface area contributed by atoms with Gasteiger partial charge in [0.2, 0.25) is 5.91 Å². The van der Waals surface area contributed by atoms with Gasteiger partial charge >= 0.3 is 0 Å². The summed E-state index contributed by atoms with van der Waals surface area (Å²) in [4.78, 5) is 19.8. The van der Waals surface area contributed by atoms with E-state index < -0.39 is 0 Å². The van der Waals surface area contributed by atoms with Gasteiger partial charge in [0.1, 0.15) is 0 Å². The molecule has 0 radical (unpaired) electrons. The topological polar surface area (TPSA) is 62.2 Å². The quantitative estimate of drug-likeness (QED) is 0.424. The monoisotopic (exact) mass is 487 g/mol. The Morgan fingerprint density at radius 2 is 1.97 bits per heavy atom. The standard InChI is InChI=1S/C28H33N5OS/c1-19-12-13-20(2)23(18-19)30-25(34)14-17-33-27(24-11-7-16-32(24)21-8-3-4-9-21)26(31-28(33)35)22-10-5-6-15-29-22/h5-7,10-13,15-16,18,21,26-27H,3-4,8-9,14,17H2,1-2H3,(H,30,34)(H,31,35)/t26-,27+/m0/s1. The summed E-state index contributed by atoms with van der Waals surface area (Å²) >= 11 is 5.81. The lowest BCUT2D eigenvalue weighted by Crippen LogP contribution is -2.33. The van der Waals surface area contributed by atoms with Crippen LogP contribution in [0.5, 0.6) is 0 Å². The van der Waals surface area contributed by atoms with Crippen molar-refractivity contribution >= 4 is 28.9 Å². The van der Waals surface area contributed by atoms with Gasteiger partial charge in [0.05, 0.1) is 17.8 Å². The number of nitrogens with zero attached hydrogens (tertiary/aromatic N) is 3. The van der Waals surface area contributed by atoms with Gasteiger partial charge in [0.25, 0.3) is 0 Å². The maximum absolute atomic E-state index is 12.9. The number of aryl methyl sites for hydroxylation is 2. The van der Waals surface area contributed by atoms with Crippen molar-refractivity contribution in [1.82, 2.24) is 19.8 Å². The van der Waals surface area contributed by atoms with Crippen molar-refractivity contribution in [2.45, 2.75) is 64.1 Å². The molecule has 1 saturated carbocycles. The Hall–Kier alpha value is -3.19. The largest absolute Gasteiger partial charge is 0.352 e. The van der Waals surface area contributed by atoms with E-state index in [0.29, 0.717) is 24.1 Å². The van der Waals surface area contributed by atoms with E-state index in [-0.39, 0.29) is 18.0 Å². The fourth-order valence-electron chi connectivity index (χ4n) is 5.45. The van der Waals surface area contributed by atoms with Crippen LogP contribution in [0.15, 0.2) is 60.9 Å². The molecule has 6 nitrogen and oxygen atoms in total. The number of anilines is 1. The van der Waals surface area contributed by atoms with Gasteiger partial charge in [-0.15, -0.1) is 0 Å². The van der Waals surface area contributed by atoms with Crippen molar-refractivity contribution in [2.75, 3.05) is 11.9 Å². The van der Waals surface area contributed by atoms with Crippen LogP contribution in [0.25, 0.3) is 0 Å². The van der Waals surface area contributed by atoms with Crippen LogP contribution in [0.1, 0.15) is 72.7 Å². The Morgan fingerprint density at radius 1 is 1.14 bits per heavy atom. The van der Waals surface area contributed by atoms with Gasteiger partial charge in [-0.1, -0.05) is 31.0 Å². The number of hydrogen-bond donors (Lipinski definition) is 2. The summed E-state index contributed by atoms with van der Waals surface area (Å²) < 4.78 is 2.44. The number of benzene rings is 1. The minimum Gasteiger partial charge on any atom is -0.352 e. The number of hydrogen-bond acceptors (Lipinski definition) is 3. The summed E-state index contributed by atoms with van der Waals surface area (Å²) in [6.45, 7) is 4.58. The molecule has 5 rings (SSSR count). The molecule has 0 spiro atoms. The first-order chi connectivity index (χ1) is 17.0. The van der Waals surface area contributed by atoms with Crippen LogP contribution in [0.2, 0.25) is 0 Å². The predicted octanol–water partition coefficient (Wildman–Crippen LogP) is 5.62. The van der Waals surface area contributed by atoms with Crippen LogP contribution < -0.4 is 10.6 Å². The third kappa shape index (κ3) is 4.96. The molecule has 2 fully saturated rings. The summed E-state index contributed by atoms with van der Waals surface area (Å²) in [5.74, 6) is -0.00675. The van der Waals surface area contributed by atoms with Crippen molar-refractivity contribution in [2.24, 2.45) is 0 Å². The number of pyridine rings is 1. The molecular formula is C28H33N5OS. The average Bonchev–Trinajstić information content (AvgIpc) is 3.60. The summed E-state index contributed by atoms with van der Waals surface area (Å²) in [6.07, 6.45) is 9.34. The van der Waals surface area contributed by atoms with Crippen LogP contribution in [-0.4, -0.2) is 32.0 Å². The molecule has 1 aliphatic heterocycles. The highest BCUT2D eigenvalue weighted by molar-refractivity contribution is 7.80. The molecule has 3 aromatic rings. The van der Waals surface area contributed by atoms with E-state index in [1.54, 1.807) is 0 Å². The molecule has 2 aromatic heterocycles. The first-order valence-electron chi connectivity index (χ1n) is 12.5. The SMILES string of the molecule is Cc1ccc(C)c(NC(=O)CCN2C(=S)N[C@@H](c3ccccn3)[C@H]2c2cccn2C2CCCC2)c1. The van der Waals surface area contributed by atoms with Crippen molar-refractivity contribution in [3.8, 4) is 0 Å². The zero-order chi connectivity index (χ0) is 24.4. The molecule has 1 amide bonds. The molecule has 2 aliphatic rings. The second-order valence-corrected chi connectivity index (χ2v) is 10.1. The van der Waals surface area contributed by atoms with Crippen molar-refractivity contribution < 1.29 is 4.79 Å². The lowest BCUT2D eigenvalue weighted by atomic mass is 10.0. The van der Waals surface area contributed by atoms with Crippen molar-refractivity contribution in [3.05, 3.63) is 83.4 Å². The van der Waals surface area contributed by atoms with Crippen LogP contribution >= 0.6 is 12.2 Å². The molecule has 182 valence electrons. The minimum atomic E-state index is -0.0687. The van der Waals surface area contributed by atoms with Crippen molar-refractivity contribution in [1.29, 1.82) is 0 Å². The van der Waals surface area contributed by atoms with E-state index in [2.05, 4.69) is 49.5 Å². The van der Waals surface area contributed by atoms with Crippen LogP contribution in [0.4, 0.5) is 5.69 Å². The Labute approximate surface area is 212 Å². The van der Waals surface area contributed by atoms with E-state index in [4.69, 9.17) is 12.2 Å². The van der Waals surface area contributed by atoms with Gasteiger partial charge in [-0.2, -0.15) is 0 Å². The fraction of sp³-hybridized carbons (Fsp3) is 0.393. The lowest BCUT2D eigenvalue weighted by Gasteiger charge is -2.30. The average molecular weight is 488 g/mol. The van der Waals surface area contributed by atoms with E-state index in [0.717, 1.165) is 22.5 Å². The summed E-state index contributed by atoms with van der Waals surface area (Å²) in [5.41, 5.74) is 5.25. The smallest absolute Gasteiger partial charge is 0.226 e. The molecule has 2 N–H and O–H groups in total. The third-order valence-corrected chi connectivity index (χ3v) is 7.63. The Kier molecular flexibility index (Phi) is 6.86. The van der Waals surface area contributed by atoms with Gasteiger partial charge in [-0.25, -0.2) is 0 Å². The maximum Gasteiger partial charge on any atom is 0.226 e. The number of rotatable bonds is 7. The van der Waals surface area contributed by atoms with Crippen LogP contribution in [0, 0.1) is 13.8 Å². The molecule has 3 heterocycles. The maximum atomic E-state index is 12.9. The van der Waals surface area contributed by atoms with Gasteiger partial charge in [0.15, 0.2) is 5.11 Å². The number of carbonyl (C=O) groups excluding carboxylic acids is 1. The highest BCUT2D eigenvalue weighted by atomic mass is 32.1. The fourth-order valence-corrected chi connectivity index (χ4v) is 5.78. The highest BCUT2D eigenvalue weighted by Gasteiger charge is 2.41. The van der Waals surface area contributed by atoms with E-state index in [1.165, 1.54) is 31.4 Å². The number of aromatic nitrogens is 2. The second kappa shape index (κ2) is 10.2. The minimum absolute atomic E-state index is 0.00675. The summed E-state index contributed by atoms with van der Waals surface area (Å²) in [7, 11) is 0. The number of nitrogens with one attached hydrogen (secondary N) is 2. The molecule has 1 saturated heterocycles. The lowest BCUT2D eigenvalue weighted by molar-refractivity contribution is -0.116. The predicted molar refractivity (Wildman–Crippen MR) is 143 cm³/mol. The Balaban J connectivity index is 1.39. The van der Waals surface area contributed by atoms with Crippen LogP contribution in [0.3, 0.4) is 0 Å². The Bertz CT molecular complexity index is 1200. The van der Waals surface area contributed by atoms with E-state index in [1.807, 2.05) is 50.4 Å². The normalized spacial score (nSPS) is 20.3. The number of thiocarbonyl (C=S) groups is 1. The summed E-state index contributed by atoms with van der Waals surface area (Å²) in [6, 6.07) is 16.9. The van der Waals surface area contributed by atoms with Crippen LogP contribution in [-0.2, 0) is 4.79 Å². The molecule has 7 heteroatoms. The second-order valence-electron chi connectivity index (χ2n) is 9.72. The molecule has 0 unspecified atom stereocenters. The van der Waals surface area contributed by atoms with Gasteiger partial charge in [-0.05, 0) is 80.4 Å². The highest BCUT2D eigenvalue weighted by Crippen LogP contribution is 2.41. The molecule has 35 heavy (non-hydrogen) atoms. The molecular weight excluding hydrogens is 454 g/mol. The van der Waals surface area contributed by atoms with Crippen molar-refractivity contribution in [3.63, 3.8) is 0 Å². The number of amides is 1. The zero-order valence-electron chi connectivity index (χ0n) is 20.4. The molecule has 1 aliphatic carbocycles. The van der Waals surface area contributed by atoms with Gasteiger partial charge in [0, 0.05) is 42.8 Å². The number of carbonyl (C=O) groups is 1. The van der Waals surface area contributed by atoms with E-state index >= 15 is 0 Å². The Morgan fingerprint density at radius 3 is 2.74 bits per heavy atom. The van der Waals surface area contributed by atoms with Gasteiger partial charge < -0.3 is 20.1 Å². The first kappa shape index (κ1) is 23.5. The zero-order valence-corrected chi connectivity index (χ0v) is 21.2. The molecule has 0 bridgehead atoms.